The number of amides is 1. The smallest absolute Gasteiger partial charge is 0.228 e. The third-order valence-corrected chi connectivity index (χ3v) is 5.40. The van der Waals surface area contributed by atoms with Gasteiger partial charge in [0.2, 0.25) is 5.91 Å². The molecule has 0 aliphatic heterocycles. The molecule has 2 N–H and O–H groups in total. The predicted octanol–water partition coefficient (Wildman–Crippen LogP) is 3.59. The molecule has 1 aromatic carbocycles. The first kappa shape index (κ1) is 11.7. The standard InChI is InChI=1S/C15H17NOS/c16-14(17)15(8-4-1-5-9-15)13-10-11-6-2-3-7-12(11)18-13/h2-3,6-7,10H,1,4-5,8-9H2,(H2,16,17). The molecule has 3 rings (SSSR count). The molecule has 0 unspecified atom stereocenters. The van der Waals surface area contributed by atoms with Gasteiger partial charge in [-0.25, -0.2) is 0 Å². The van der Waals surface area contributed by atoms with Crippen molar-refractivity contribution in [2.75, 3.05) is 0 Å². The summed E-state index contributed by atoms with van der Waals surface area (Å²) in [5, 5.41) is 1.23. The minimum atomic E-state index is -0.401. The van der Waals surface area contributed by atoms with Crippen molar-refractivity contribution in [1.82, 2.24) is 0 Å². The molecule has 94 valence electrons. The minimum absolute atomic E-state index is 0.145. The van der Waals surface area contributed by atoms with Crippen LogP contribution < -0.4 is 5.73 Å². The summed E-state index contributed by atoms with van der Waals surface area (Å²) >= 11 is 1.73. The summed E-state index contributed by atoms with van der Waals surface area (Å²) in [6.07, 6.45) is 5.26. The molecule has 1 aliphatic carbocycles. The van der Waals surface area contributed by atoms with Gasteiger partial charge in [0.1, 0.15) is 0 Å². The van der Waals surface area contributed by atoms with E-state index in [0.717, 1.165) is 30.6 Å². The average molecular weight is 259 g/mol. The number of primary amides is 1. The molecule has 1 saturated carbocycles. The Morgan fingerprint density at radius 1 is 1.17 bits per heavy atom. The Kier molecular flexibility index (Phi) is 2.86. The molecule has 0 saturated heterocycles. The quantitative estimate of drug-likeness (QED) is 0.880. The molecule has 1 fully saturated rings. The summed E-state index contributed by atoms with van der Waals surface area (Å²) in [7, 11) is 0. The lowest BCUT2D eigenvalue weighted by atomic mass is 9.72. The summed E-state index contributed by atoms with van der Waals surface area (Å²) < 4.78 is 1.25. The van der Waals surface area contributed by atoms with Crippen LogP contribution in [0.5, 0.6) is 0 Å². The summed E-state index contributed by atoms with van der Waals surface area (Å²) in [5.41, 5.74) is 5.32. The van der Waals surface area contributed by atoms with Crippen molar-refractivity contribution >= 4 is 27.3 Å². The van der Waals surface area contributed by atoms with Crippen molar-refractivity contribution in [2.45, 2.75) is 37.5 Å². The molecule has 0 spiro atoms. The zero-order chi connectivity index (χ0) is 12.6. The third-order valence-electron chi connectivity index (χ3n) is 4.08. The molecule has 3 heteroatoms. The number of carbonyl (C=O) groups is 1. The molecular formula is C15H17NOS. The van der Waals surface area contributed by atoms with Gasteiger partial charge in [-0.05, 0) is 30.4 Å². The van der Waals surface area contributed by atoms with Crippen molar-refractivity contribution in [1.29, 1.82) is 0 Å². The second-order valence-corrected chi connectivity index (χ2v) is 6.24. The Hall–Kier alpha value is -1.35. The van der Waals surface area contributed by atoms with Gasteiger partial charge in [0, 0.05) is 9.58 Å². The maximum absolute atomic E-state index is 12.0. The molecule has 1 amide bonds. The summed E-state index contributed by atoms with van der Waals surface area (Å²) in [4.78, 5) is 13.1. The average Bonchev–Trinajstić information content (AvgIpc) is 2.83. The lowest BCUT2D eigenvalue weighted by molar-refractivity contribution is -0.124. The van der Waals surface area contributed by atoms with E-state index in [4.69, 9.17) is 5.73 Å². The van der Waals surface area contributed by atoms with Gasteiger partial charge in [0.15, 0.2) is 0 Å². The monoisotopic (exact) mass is 259 g/mol. The number of hydrogen-bond donors (Lipinski definition) is 1. The van der Waals surface area contributed by atoms with E-state index >= 15 is 0 Å². The minimum Gasteiger partial charge on any atom is -0.369 e. The Balaban J connectivity index is 2.12. The summed E-state index contributed by atoms with van der Waals surface area (Å²) in [5.74, 6) is -0.145. The first-order valence-corrected chi connectivity index (χ1v) is 7.33. The topological polar surface area (TPSA) is 43.1 Å². The second-order valence-electron chi connectivity index (χ2n) is 5.16. The summed E-state index contributed by atoms with van der Waals surface area (Å²) in [6, 6.07) is 10.5. The highest BCUT2D eigenvalue weighted by molar-refractivity contribution is 7.19. The maximum Gasteiger partial charge on any atom is 0.228 e. The number of thiophene rings is 1. The van der Waals surface area contributed by atoms with Crippen LogP contribution in [0.25, 0.3) is 10.1 Å². The fourth-order valence-corrected chi connectivity index (χ4v) is 4.30. The van der Waals surface area contributed by atoms with Crippen LogP contribution in [-0.4, -0.2) is 5.91 Å². The number of fused-ring (bicyclic) bond motifs is 1. The van der Waals surface area contributed by atoms with Crippen LogP contribution >= 0.6 is 11.3 Å². The van der Waals surface area contributed by atoms with Crippen LogP contribution in [0.3, 0.4) is 0 Å². The van der Waals surface area contributed by atoms with Crippen LogP contribution in [0.15, 0.2) is 30.3 Å². The number of carbonyl (C=O) groups excluding carboxylic acids is 1. The first-order chi connectivity index (χ1) is 8.72. The highest BCUT2D eigenvalue weighted by Crippen LogP contribution is 2.43. The molecule has 0 atom stereocenters. The second kappa shape index (κ2) is 4.39. The SMILES string of the molecule is NC(=O)C1(c2cc3ccccc3s2)CCCCC1. The van der Waals surface area contributed by atoms with E-state index in [9.17, 15) is 4.79 Å². The van der Waals surface area contributed by atoms with Gasteiger partial charge in [-0.2, -0.15) is 0 Å². The van der Waals surface area contributed by atoms with Crippen LogP contribution in [0.4, 0.5) is 0 Å². The zero-order valence-corrected chi connectivity index (χ0v) is 11.1. The van der Waals surface area contributed by atoms with Crippen LogP contribution in [-0.2, 0) is 10.2 Å². The highest BCUT2D eigenvalue weighted by Gasteiger charge is 2.40. The van der Waals surface area contributed by atoms with Gasteiger partial charge >= 0.3 is 0 Å². The third kappa shape index (κ3) is 1.74. The normalized spacial score (nSPS) is 18.9. The summed E-state index contributed by atoms with van der Waals surface area (Å²) in [6.45, 7) is 0. The zero-order valence-electron chi connectivity index (χ0n) is 10.3. The van der Waals surface area contributed by atoms with E-state index in [-0.39, 0.29) is 5.91 Å². The largest absolute Gasteiger partial charge is 0.369 e. The fourth-order valence-electron chi connectivity index (χ4n) is 2.99. The molecular weight excluding hydrogens is 242 g/mol. The molecule has 2 aromatic rings. The molecule has 2 nitrogen and oxygen atoms in total. The van der Waals surface area contributed by atoms with Crippen molar-refractivity contribution in [3.05, 3.63) is 35.2 Å². The fraction of sp³-hybridized carbons (Fsp3) is 0.400. The van der Waals surface area contributed by atoms with E-state index in [1.54, 1.807) is 11.3 Å². The van der Waals surface area contributed by atoms with E-state index in [2.05, 4.69) is 18.2 Å². The van der Waals surface area contributed by atoms with E-state index in [1.807, 2.05) is 12.1 Å². The van der Waals surface area contributed by atoms with Crippen LogP contribution in [0.1, 0.15) is 37.0 Å². The molecule has 1 aliphatic rings. The predicted molar refractivity (Wildman–Crippen MR) is 75.8 cm³/mol. The number of nitrogens with two attached hydrogens (primary N) is 1. The van der Waals surface area contributed by atoms with Gasteiger partial charge in [0.25, 0.3) is 0 Å². The first-order valence-electron chi connectivity index (χ1n) is 6.51. The molecule has 0 bridgehead atoms. The van der Waals surface area contributed by atoms with Crippen molar-refractivity contribution in [3.8, 4) is 0 Å². The molecule has 0 radical (unpaired) electrons. The van der Waals surface area contributed by atoms with Gasteiger partial charge in [-0.1, -0.05) is 37.5 Å². The lowest BCUT2D eigenvalue weighted by Gasteiger charge is -2.33. The van der Waals surface area contributed by atoms with Crippen LogP contribution in [0, 0.1) is 0 Å². The van der Waals surface area contributed by atoms with Crippen molar-refractivity contribution in [2.24, 2.45) is 5.73 Å². The van der Waals surface area contributed by atoms with E-state index in [1.165, 1.54) is 16.5 Å². The van der Waals surface area contributed by atoms with Gasteiger partial charge < -0.3 is 5.73 Å². The molecule has 1 aromatic heterocycles. The van der Waals surface area contributed by atoms with E-state index < -0.39 is 5.41 Å². The molecule has 18 heavy (non-hydrogen) atoms. The van der Waals surface area contributed by atoms with Crippen LogP contribution in [0.2, 0.25) is 0 Å². The molecule has 1 heterocycles. The van der Waals surface area contributed by atoms with Gasteiger partial charge in [-0.15, -0.1) is 11.3 Å². The van der Waals surface area contributed by atoms with Gasteiger partial charge in [-0.3, -0.25) is 4.79 Å². The highest BCUT2D eigenvalue weighted by atomic mass is 32.1. The Morgan fingerprint density at radius 2 is 1.89 bits per heavy atom. The van der Waals surface area contributed by atoms with Gasteiger partial charge in [0.05, 0.1) is 5.41 Å². The van der Waals surface area contributed by atoms with Crippen molar-refractivity contribution < 1.29 is 4.79 Å². The number of rotatable bonds is 2. The maximum atomic E-state index is 12.0. The Labute approximate surface area is 111 Å². The number of benzene rings is 1. The lowest BCUT2D eigenvalue weighted by Crippen LogP contribution is -2.42. The number of hydrogen-bond acceptors (Lipinski definition) is 2. The van der Waals surface area contributed by atoms with Crippen molar-refractivity contribution in [3.63, 3.8) is 0 Å². The Bertz CT molecular complexity index is 548. The van der Waals surface area contributed by atoms with E-state index in [0.29, 0.717) is 0 Å². The Morgan fingerprint density at radius 3 is 2.56 bits per heavy atom.